The molecule has 2 heterocycles. The molecule has 25 heavy (non-hydrogen) atoms. The van der Waals surface area contributed by atoms with Gasteiger partial charge in [0.1, 0.15) is 11.2 Å². The average molecular weight is 359 g/mol. The Hall–Kier alpha value is -0.200. The number of rotatable bonds is 12. The number of hydrogen-bond acceptors (Lipinski definition) is 5. The SMILES string of the molecule is CCC(C)OCC1(COCC2(COC(C)CC)CCCO2)CCCO1. The van der Waals surface area contributed by atoms with Gasteiger partial charge in [0.15, 0.2) is 0 Å². The van der Waals surface area contributed by atoms with Gasteiger partial charge >= 0.3 is 0 Å². The molecule has 0 radical (unpaired) electrons. The molecule has 0 aliphatic carbocycles. The zero-order valence-corrected chi connectivity index (χ0v) is 16.7. The summed E-state index contributed by atoms with van der Waals surface area (Å²) in [7, 11) is 0. The summed E-state index contributed by atoms with van der Waals surface area (Å²) in [6, 6.07) is 0. The van der Waals surface area contributed by atoms with Crippen LogP contribution < -0.4 is 0 Å². The molecule has 2 aliphatic heterocycles. The van der Waals surface area contributed by atoms with Crippen LogP contribution in [-0.2, 0) is 23.7 Å². The van der Waals surface area contributed by atoms with Crippen molar-refractivity contribution in [3.05, 3.63) is 0 Å². The average Bonchev–Trinajstić information content (AvgIpc) is 3.28. The van der Waals surface area contributed by atoms with Crippen LogP contribution in [0.2, 0.25) is 0 Å². The molecule has 0 saturated carbocycles. The van der Waals surface area contributed by atoms with Crippen LogP contribution in [-0.4, -0.2) is 63.1 Å². The molecule has 2 aliphatic rings. The molecule has 0 aromatic rings. The van der Waals surface area contributed by atoms with Crippen molar-refractivity contribution in [3.8, 4) is 0 Å². The molecule has 2 saturated heterocycles. The summed E-state index contributed by atoms with van der Waals surface area (Å²) in [6.45, 7) is 12.4. The van der Waals surface area contributed by atoms with Crippen LogP contribution >= 0.6 is 0 Å². The van der Waals surface area contributed by atoms with Gasteiger partial charge in [0.25, 0.3) is 0 Å². The summed E-state index contributed by atoms with van der Waals surface area (Å²) in [5.74, 6) is 0. The van der Waals surface area contributed by atoms with Crippen molar-refractivity contribution in [2.45, 2.75) is 89.6 Å². The molecular weight excluding hydrogens is 320 g/mol. The molecule has 4 atom stereocenters. The Morgan fingerprint density at radius 3 is 1.52 bits per heavy atom. The molecule has 0 aromatic heterocycles. The molecule has 4 unspecified atom stereocenters. The van der Waals surface area contributed by atoms with Crippen LogP contribution in [0.4, 0.5) is 0 Å². The van der Waals surface area contributed by atoms with Crippen molar-refractivity contribution in [1.82, 2.24) is 0 Å². The number of hydrogen-bond donors (Lipinski definition) is 0. The maximum atomic E-state index is 6.13. The van der Waals surface area contributed by atoms with E-state index in [-0.39, 0.29) is 23.4 Å². The first-order valence-corrected chi connectivity index (χ1v) is 10.1. The minimum atomic E-state index is -0.291. The first-order valence-electron chi connectivity index (χ1n) is 10.1. The lowest BCUT2D eigenvalue weighted by Crippen LogP contribution is -2.44. The maximum absolute atomic E-state index is 6.13. The lowest BCUT2D eigenvalue weighted by atomic mass is 10.0. The molecule has 5 heteroatoms. The topological polar surface area (TPSA) is 46.2 Å². The maximum Gasteiger partial charge on any atom is 0.115 e. The van der Waals surface area contributed by atoms with Crippen molar-refractivity contribution in [3.63, 3.8) is 0 Å². The Bertz CT molecular complexity index is 327. The monoisotopic (exact) mass is 358 g/mol. The molecule has 0 amide bonds. The highest BCUT2D eigenvalue weighted by Gasteiger charge is 2.40. The molecule has 2 rings (SSSR count). The standard InChI is InChI=1S/C20H38O5/c1-5-17(3)22-15-19(9-7-11-24-19)13-21-14-20(10-8-12-25-20)16-23-18(4)6-2/h17-18H,5-16H2,1-4H3. The minimum Gasteiger partial charge on any atom is -0.375 e. The van der Waals surface area contributed by atoms with E-state index in [4.69, 9.17) is 23.7 Å². The summed E-state index contributed by atoms with van der Waals surface area (Å²) in [4.78, 5) is 0. The fourth-order valence-electron chi connectivity index (χ4n) is 3.30. The number of ether oxygens (including phenoxy) is 5. The summed E-state index contributed by atoms with van der Waals surface area (Å²) in [5, 5.41) is 0. The van der Waals surface area contributed by atoms with Crippen LogP contribution in [0, 0.1) is 0 Å². The van der Waals surface area contributed by atoms with Crippen LogP contribution in [0.1, 0.15) is 66.2 Å². The minimum absolute atomic E-state index is 0.259. The van der Waals surface area contributed by atoms with Gasteiger partial charge in [0.05, 0.1) is 38.6 Å². The first kappa shape index (κ1) is 21.1. The molecule has 0 aromatic carbocycles. The highest BCUT2D eigenvalue weighted by atomic mass is 16.6. The Morgan fingerprint density at radius 1 is 0.760 bits per heavy atom. The molecule has 0 N–H and O–H groups in total. The van der Waals surface area contributed by atoms with E-state index in [1.54, 1.807) is 0 Å². The summed E-state index contributed by atoms with van der Waals surface area (Å²) < 4.78 is 30.1. The van der Waals surface area contributed by atoms with E-state index in [9.17, 15) is 0 Å². The largest absolute Gasteiger partial charge is 0.375 e. The van der Waals surface area contributed by atoms with Crippen LogP contribution in [0.3, 0.4) is 0 Å². The summed E-state index contributed by atoms with van der Waals surface area (Å²) >= 11 is 0. The first-order chi connectivity index (χ1) is 12.0. The highest BCUT2D eigenvalue weighted by Crippen LogP contribution is 2.30. The normalized spacial score (nSPS) is 32.2. The summed E-state index contributed by atoms with van der Waals surface area (Å²) in [5.41, 5.74) is -0.582. The van der Waals surface area contributed by atoms with Crippen molar-refractivity contribution in [1.29, 1.82) is 0 Å². The zero-order chi connectivity index (χ0) is 18.2. The van der Waals surface area contributed by atoms with Crippen molar-refractivity contribution in [2.24, 2.45) is 0 Å². The van der Waals surface area contributed by atoms with Gasteiger partial charge < -0.3 is 23.7 Å². The van der Waals surface area contributed by atoms with Crippen molar-refractivity contribution < 1.29 is 23.7 Å². The Morgan fingerprint density at radius 2 is 1.20 bits per heavy atom. The van der Waals surface area contributed by atoms with Gasteiger partial charge in [0.2, 0.25) is 0 Å². The Labute approximate surface area is 153 Å². The van der Waals surface area contributed by atoms with Gasteiger partial charge in [0, 0.05) is 13.2 Å². The van der Waals surface area contributed by atoms with Gasteiger partial charge in [-0.3, -0.25) is 0 Å². The molecular formula is C20H38O5. The van der Waals surface area contributed by atoms with E-state index in [1.807, 2.05) is 0 Å². The van der Waals surface area contributed by atoms with Crippen molar-refractivity contribution >= 4 is 0 Å². The molecule has 0 bridgehead atoms. The van der Waals surface area contributed by atoms with Crippen LogP contribution in [0.25, 0.3) is 0 Å². The van der Waals surface area contributed by atoms with Crippen molar-refractivity contribution in [2.75, 3.05) is 39.6 Å². The fourth-order valence-corrected chi connectivity index (χ4v) is 3.30. The highest BCUT2D eigenvalue weighted by molar-refractivity contribution is 4.88. The smallest absolute Gasteiger partial charge is 0.115 e. The molecule has 148 valence electrons. The van der Waals surface area contributed by atoms with Gasteiger partial charge in [-0.1, -0.05) is 13.8 Å². The van der Waals surface area contributed by atoms with Gasteiger partial charge in [-0.25, -0.2) is 0 Å². The third-order valence-corrected chi connectivity index (χ3v) is 5.51. The second-order valence-electron chi connectivity index (χ2n) is 7.82. The van der Waals surface area contributed by atoms with Gasteiger partial charge in [-0.15, -0.1) is 0 Å². The Balaban J connectivity index is 1.82. The van der Waals surface area contributed by atoms with E-state index in [1.165, 1.54) is 0 Å². The molecule has 5 nitrogen and oxygen atoms in total. The van der Waals surface area contributed by atoms with Gasteiger partial charge in [-0.05, 0) is 52.4 Å². The van der Waals surface area contributed by atoms with E-state index < -0.39 is 0 Å². The lowest BCUT2D eigenvalue weighted by Gasteiger charge is -2.33. The van der Waals surface area contributed by atoms with Crippen LogP contribution in [0.5, 0.6) is 0 Å². The van der Waals surface area contributed by atoms with E-state index in [0.717, 1.165) is 51.7 Å². The lowest BCUT2D eigenvalue weighted by molar-refractivity contribution is -0.156. The van der Waals surface area contributed by atoms with E-state index >= 15 is 0 Å². The van der Waals surface area contributed by atoms with Gasteiger partial charge in [-0.2, -0.15) is 0 Å². The van der Waals surface area contributed by atoms with E-state index in [0.29, 0.717) is 26.4 Å². The van der Waals surface area contributed by atoms with Crippen LogP contribution in [0.15, 0.2) is 0 Å². The predicted octanol–water partition coefficient (Wildman–Crippen LogP) is 3.73. The predicted molar refractivity (Wildman–Crippen MR) is 98.1 cm³/mol. The summed E-state index contributed by atoms with van der Waals surface area (Å²) in [6.07, 6.45) is 6.70. The fraction of sp³-hybridized carbons (Fsp3) is 1.00. The van der Waals surface area contributed by atoms with E-state index in [2.05, 4.69) is 27.7 Å². The third kappa shape index (κ3) is 6.47. The quantitative estimate of drug-likeness (QED) is 0.532. The third-order valence-electron chi connectivity index (χ3n) is 5.51. The molecule has 0 spiro atoms. The second kappa shape index (κ2) is 10.2. The molecule has 2 fully saturated rings. The zero-order valence-electron chi connectivity index (χ0n) is 16.7. The second-order valence-corrected chi connectivity index (χ2v) is 7.82. The Kier molecular flexibility index (Phi) is 8.62.